The molecule has 1 aromatic carbocycles. The molecule has 8 nitrogen and oxygen atoms in total. The van der Waals surface area contributed by atoms with Crippen LogP contribution in [0.2, 0.25) is 0 Å². The second kappa shape index (κ2) is 6.76. The summed E-state index contributed by atoms with van der Waals surface area (Å²) < 4.78 is 32.1. The van der Waals surface area contributed by atoms with Gasteiger partial charge in [-0.2, -0.15) is 8.42 Å². The Balaban J connectivity index is 2.91. The molecule has 0 aliphatic carbocycles. The van der Waals surface area contributed by atoms with Gasteiger partial charge in [0.05, 0.1) is 17.4 Å². The monoisotopic (exact) mass is 380 g/mol. The van der Waals surface area contributed by atoms with Crippen LogP contribution in [-0.2, 0) is 14.9 Å². The number of carboxylic acids is 1. The number of carbonyl (C=O) groups excluding carboxylic acids is 1. The van der Waals surface area contributed by atoms with E-state index in [9.17, 15) is 18.0 Å². The van der Waals surface area contributed by atoms with Crippen LogP contribution < -0.4 is 9.44 Å². The lowest BCUT2D eigenvalue weighted by Gasteiger charge is -2.12. The lowest BCUT2D eigenvalue weighted by Crippen LogP contribution is -2.36. The molecule has 1 aromatic rings. The van der Waals surface area contributed by atoms with Crippen molar-refractivity contribution < 1.29 is 27.9 Å². The predicted octanol–water partition coefficient (Wildman–Crippen LogP) is 1.94. The molecule has 10 heteroatoms. The molecule has 0 aliphatic rings. The molecule has 0 spiro atoms. The van der Waals surface area contributed by atoms with Crippen molar-refractivity contribution in [1.29, 1.82) is 0 Å². The number of hydrogen-bond donors (Lipinski definition) is 3. The minimum absolute atomic E-state index is 0.0280. The third-order valence-electron chi connectivity index (χ3n) is 2.02. The van der Waals surface area contributed by atoms with E-state index in [4.69, 9.17) is 5.11 Å². The summed E-state index contributed by atoms with van der Waals surface area (Å²) in [5, 5.41) is 8.86. The topological polar surface area (TPSA) is 122 Å². The summed E-state index contributed by atoms with van der Waals surface area (Å²) in [7, 11) is -4.24. The summed E-state index contributed by atoms with van der Waals surface area (Å²) in [6.45, 7) is 3.12. The number of carbonyl (C=O) groups is 2. The van der Waals surface area contributed by atoms with Gasteiger partial charge in [-0.05, 0) is 48.0 Å². The van der Waals surface area contributed by atoms with Gasteiger partial charge in [0, 0.05) is 4.47 Å². The van der Waals surface area contributed by atoms with Gasteiger partial charge >= 0.3 is 22.3 Å². The molecule has 21 heavy (non-hydrogen) atoms. The Morgan fingerprint density at radius 2 is 1.95 bits per heavy atom. The molecule has 0 saturated carbocycles. The van der Waals surface area contributed by atoms with Crippen LogP contribution >= 0.6 is 15.9 Å². The number of benzene rings is 1. The zero-order valence-electron chi connectivity index (χ0n) is 11.1. The number of ether oxygens (including phenoxy) is 1. The van der Waals surface area contributed by atoms with E-state index in [0.29, 0.717) is 4.47 Å². The van der Waals surface area contributed by atoms with Crippen LogP contribution in [0.1, 0.15) is 24.2 Å². The molecule has 0 unspecified atom stereocenters. The highest BCUT2D eigenvalue weighted by molar-refractivity contribution is 9.10. The van der Waals surface area contributed by atoms with Crippen LogP contribution in [-0.4, -0.2) is 31.7 Å². The zero-order valence-corrected chi connectivity index (χ0v) is 13.5. The van der Waals surface area contributed by atoms with E-state index >= 15 is 0 Å². The van der Waals surface area contributed by atoms with E-state index in [1.54, 1.807) is 18.6 Å². The van der Waals surface area contributed by atoms with Gasteiger partial charge in [0.25, 0.3) is 0 Å². The standard InChI is InChI=1S/C11H13BrN2O6S/c1-6(2)20-11(17)14-21(18,19)13-9-5-7(10(15)16)3-4-8(9)12/h3-6,13H,1-2H3,(H,14,17)(H,15,16). The van der Waals surface area contributed by atoms with E-state index in [1.165, 1.54) is 12.1 Å². The van der Waals surface area contributed by atoms with Crippen molar-refractivity contribution in [1.82, 2.24) is 4.72 Å². The van der Waals surface area contributed by atoms with Gasteiger partial charge in [-0.15, -0.1) is 0 Å². The fourth-order valence-corrected chi connectivity index (χ4v) is 2.51. The molecule has 0 heterocycles. The Kier molecular flexibility index (Phi) is 5.55. The molecule has 0 radical (unpaired) electrons. The normalized spacial score (nSPS) is 11.0. The van der Waals surface area contributed by atoms with Gasteiger partial charge in [-0.3, -0.25) is 4.72 Å². The van der Waals surface area contributed by atoms with E-state index in [-0.39, 0.29) is 11.3 Å². The van der Waals surface area contributed by atoms with Gasteiger partial charge in [0.2, 0.25) is 0 Å². The predicted molar refractivity (Wildman–Crippen MR) is 78.4 cm³/mol. The van der Waals surface area contributed by atoms with Crippen LogP contribution in [0, 0.1) is 0 Å². The Hall–Kier alpha value is -1.81. The Labute approximate surface area is 129 Å². The first-order valence-electron chi connectivity index (χ1n) is 5.64. The van der Waals surface area contributed by atoms with Crippen LogP contribution in [0.5, 0.6) is 0 Å². The van der Waals surface area contributed by atoms with E-state index < -0.39 is 28.4 Å². The van der Waals surface area contributed by atoms with Crippen molar-refractivity contribution in [3.05, 3.63) is 28.2 Å². The molecule has 0 atom stereocenters. The van der Waals surface area contributed by atoms with Crippen molar-refractivity contribution in [2.45, 2.75) is 20.0 Å². The first-order valence-corrected chi connectivity index (χ1v) is 7.92. The number of carboxylic acid groups (broad SMARTS) is 1. The van der Waals surface area contributed by atoms with E-state index in [1.807, 2.05) is 4.72 Å². The molecule has 0 fully saturated rings. The lowest BCUT2D eigenvalue weighted by atomic mass is 10.2. The third-order valence-corrected chi connectivity index (χ3v) is 3.63. The second-order valence-electron chi connectivity index (χ2n) is 4.16. The molecular weight excluding hydrogens is 368 g/mol. The van der Waals surface area contributed by atoms with Crippen molar-refractivity contribution in [3.63, 3.8) is 0 Å². The summed E-state index contributed by atoms with van der Waals surface area (Å²) in [4.78, 5) is 22.1. The highest BCUT2D eigenvalue weighted by Crippen LogP contribution is 2.24. The quantitative estimate of drug-likeness (QED) is 0.717. The van der Waals surface area contributed by atoms with Gasteiger partial charge < -0.3 is 9.84 Å². The van der Waals surface area contributed by atoms with Crippen molar-refractivity contribution >= 4 is 43.9 Å². The molecule has 0 aromatic heterocycles. The summed E-state index contributed by atoms with van der Waals surface area (Å²) in [6, 6.07) is 3.78. The SMILES string of the molecule is CC(C)OC(=O)NS(=O)(=O)Nc1cc(C(=O)O)ccc1Br. The third kappa shape index (κ3) is 5.60. The van der Waals surface area contributed by atoms with Crippen LogP contribution in [0.15, 0.2) is 22.7 Å². The minimum Gasteiger partial charge on any atom is -0.478 e. The Morgan fingerprint density at radius 3 is 2.48 bits per heavy atom. The van der Waals surface area contributed by atoms with Crippen molar-refractivity contribution in [2.24, 2.45) is 0 Å². The maximum absolute atomic E-state index is 11.7. The molecule has 3 N–H and O–H groups in total. The Morgan fingerprint density at radius 1 is 1.33 bits per heavy atom. The fourth-order valence-electron chi connectivity index (χ4n) is 1.25. The first-order chi connectivity index (χ1) is 9.60. The van der Waals surface area contributed by atoms with Crippen molar-refractivity contribution in [2.75, 3.05) is 4.72 Å². The molecule has 0 bridgehead atoms. The molecule has 0 saturated heterocycles. The molecule has 116 valence electrons. The summed E-state index contributed by atoms with van der Waals surface area (Å²) in [5.41, 5.74) is -0.139. The summed E-state index contributed by atoms with van der Waals surface area (Å²) >= 11 is 3.07. The smallest absolute Gasteiger partial charge is 0.422 e. The number of aromatic carboxylic acids is 1. The second-order valence-corrected chi connectivity index (χ2v) is 6.43. The minimum atomic E-state index is -4.24. The van der Waals surface area contributed by atoms with Crippen LogP contribution in [0.3, 0.4) is 0 Å². The maximum Gasteiger partial charge on any atom is 0.422 e. The van der Waals surface area contributed by atoms with Crippen LogP contribution in [0.4, 0.5) is 10.5 Å². The number of halogens is 1. The fraction of sp³-hybridized carbons (Fsp3) is 0.273. The highest BCUT2D eigenvalue weighted by Gasteiger charge is 2.18. The van der Waals surface area contributed by atoms with Gasteiger partial charge in [-0.25, -0.2) is 14.3 Å². The van der Waals surface area contributed by atoms with Gasteiger partial charge in [-0.1, -0.05) is 0 Å². The van der Waals surface area contributed by atoms with E-state index in [2.05, 4.69) is 20.7 Å². The zero-order chi connectivity index (χ0) is 16.2. The number of amides is 1. The van der Waals surface area contributed by atoms with E-state index in [0.717, 1.165) is 6.07 Å². The number of anilines is 1. The largest absolute Gasteiger partial charge is 0.478 e. The molecule has 1 rings (SSSR count). The average Bonchev–Trinajstić information content (AvgIpc) is 2.29. The van der Waals surface area contributed by atoms with Crippen LogP contribution in [0.25, 0.3) is 0 Å². The van der Waals surface area contributed by atoms with Gasteiger partial charge in [0.15, 0.2) is 0 Å². The number of hydrogen-bond acceptors (Lipinski definition) is 5. The Bertz CT molecular complexity index is 659. The number of nitrogens with one attached hydrogen (secondary N) is 2. The maximum atomic E-state index is 11.7. The molecule has 1 amide bonds. The van der Waals surface area contributed by atoms with Crippen molar-refractivity contribution in [3.8, 4) is 0 Å². The molecular formula is C11H13BrN2O6S. The highest BCUT2D eigenvalue weighted by atomic mass is 79.9. The van der Waals surface area contributed by atoms with Gasteiger partial charge in [0.1, 0.15) is 0 Å². The first kappa shape index (κ1) is 17.2. The average molecular weight is 381 g/mol. The summed E-state index contributed by atoms with van der Waals surface area (Å²) in [6.07, 6.45) is -1.62. The molecule has 0 aliphatic heterocycles. The summed E-state index contributed by atoms with van der Waals surface area (Å²) in [5.74, 6) is -1.21. The number of rotatable bonds is 5. The lowest BCUT2D eigenvalue weighted by molar-refractivity contribution is 0.0696.